The number of ether oxygens (including phenoxy) is 1. The van der Waals surface area contributed by atoms with Crippen LogP contribution in [0.1, 0.15) is 20.3 Å². The summed E-state index contributed by atoms with van der Waals surface area (Å²) in [6.45, 7) is 5.86. The topological polar surface area (TPSA) is 93.5 Å². The van der Waals surface area contributed by atoms with Crippen LogP contribution in [0.2, 0.25) is 0 Å². The lowest BCUT2D eigenvalue weighted by Crippen LogP contribution is -2.25. The number of sulfonamides is 1. The first-order valence-electron chi connectivity index (χ1n) is 6.66. The van der Waals surface area contributed by atoms with Crippen LogP contribution in [0.4, 0.5) is 0 Å². The maximum Gasteiger partial charge on any atom is 0.243 e. The van der Waals surface area contributed by atoms with Crippen LogP contribution < -0.4 is 4.72 Å². The summed E-state index contributed by atoms with van der Waals surface area (Å²) in [6, 6.07) is 0. The maximum atomic E-state index is 11.9. The van der Waals surface area contributed by atoms with Gasteiger partial charge in [-0.25, -0.2) is 13.1 Å². The van der Waals surface area contributed by atoms with Gasteiger partial charge in [0.1, 0.15) is 4.90 Å². The Labute approximate surface area is 120 Å². The highest BCUT2D eigenvalue weighted by Crippen LogP contribution is 2.06. The summed E-state index contributed by atoms with van der Waals surface area (Å²) >= 11 is 0. The van der Waals surface area contributed by atoms with Crippen molar-refractivity contribution in [2.75, 3.05) is 26.4 Å². The lowest BCUT2D eigenvalue weighted by atomic mass is 10.2. The highest BCUT2D eigenvalue weighted by Gasteiger charge is 2.15. The van der Waals surface area contributed by atoms with Gasteiger partial charge in [0.2, 0.25) is 10.0 Å². The van der Waals surface area contributed by atoms with Crippen LogP contribution in [0.15, 0.2) is 17.3 Å². The number of rotatable bonds is 10. The Balaban J connectivity index is 2.33. The Bertz CT molecular complexity index is 485. The molecule has 2 N–H and O–H groups in total. The van der Waals surface area contributed by atoms with Crippen molar-refractivity contribution in [1.29, 1.82) is 0 Å². The highest BCUT2D eigenvalue weighted by molar-refractivity contribution is 7.89. The van der Waals surface area contributed by atoms with Crippen LogP contribution in [-0.2, 0) is 21.3 Å². The van der Waals surface area contributed by atoms with Gasteiger partial charge in [0.25, 0.3) is 0 Å². The molecule has 0 amide bonds. The van der Waals surface area contributed by atoms with Gasteiger partial charge in [-0.3, -0.25) is 4.68 Å². The molecule has 20 heavy (non-hydrogen) atoms. The van der Waals surface area contributed by atoms with Gasteiger partial charge in [-0.15, -0.1) is 0 Å². The van der Waals surface area contributed by atoms with Crippen molar-refractivity contribution < 1.29 is 18.3 Å². The van der Waals surface area contributed by atoms with E-state index in [1.807, 2.05) is 0 Å². The van der Waals surface area contributed by atoms with Crippen LogP contribution >= 0.6 is 0 Å². The summed E-state index contributed by atoms with van der Waals surface area (Å²) in [7, 11) is -3.53. The Kier molecular flexibility index (Phi) is 7.14. The van der Waals surface area contributed by atoms with Gasteiger partial charge in [0, 0.05) is 26.0 Å². The van der Waals surface area contributed by atoms with Gasteiger partial charge in [-0.2, -0.15) is 5.10 Å². The predicted octanol–water partition coefficient (Wildman–Crippen LogP) is 0.216. The quantitative estimate of drug-likeness (QED) is 0.603. The van der Waals surface area contributed by atoms with E-state index in [1.165, 1.54) is 17.1 Å². The van der Waals surface area contributed by atoms with Crippen molar-refractivity contribution in [2.45, 2.75) is 31.7 Å². The molecule has 1 rings (SSSR count). The van der Waals surface area contributed by atoms with Gasteiger partial charge in [-0.1, -0.05) is 13.8 Å². The minimum Gasteiger partial charge on any atom is -0.394 e. The fraction of sp³-hybridized carbons (Fsp3) is 0.750. The van der Waals surface area contributed by atoms with Crippen molar-refractivity contribution in [1.82, 2.24) is 14.5 Å². The normalized spacial score (nSPS) is 12.2. The number of nitrogens with zero attached hydrogens (tertiary/aromatic N) is 2. The first-order chi connectivity index (χ1) is 9.45. The van der Waals surface area contributed by atoms with E-state index in [9.17, 15) is 8.42 Å². The third-order valence-corrected chi connectivity index (χ3v) is 3.87. The molecule has 0 aliphatic carbocycles. The fourth-order valence-corrected chi connectivity index (χ4v) is 2.52. The summed E-state index contributed by atoms with van der Waals surface area (Å²) in [5.41, 5.74) is 0. The molecule has 0 aliphatic heterocycles. The van der Waals surface area contributed by atoms with Crippen LogP contribution in [0.5, 0.6) is 0 Å². The summed E-state index contributed by atoms with van der Waals surface area (Å²) in [4.78, 5) is 0.106. The Morgan fingerprint density at radius 2 is 2.25 bits per heavy atom. The zero-order chi connectivity index (χ0) is 15.0. The van der Waals surface area contributed by atoms with Gasteiger partial charge < -0.3 is 9.84 Å². The first kappa shape index (κ1) is 17.1. The van der Waals surface area contributed by atoms with Crippen molar-refractivity contribution in [3.63, 3.8) is 0 Å². The van der Waals surface area contributed by atoms with Crippen molar-refractivity contribution in [3.05, 3.63) is 12.4 Å². The number of aliphatic hydroxyl groups is 1. The maximum absolute atomic E-state index is 11.9. The molecule has 1 heterocycles. The smallest absolute Gasteiger partial charge is 0.243 e. The van der Waals surface area contributed by atoms with E-state index < -0.39 is 10.0 Å². The second-order valence-electron chi connectivity index (χ2n) is 4.88. The molecule has 0 saturated carbocycles. The summed E-state index contributed by atoms with van der Waals surface area (Å²) in [5, 5.41) is 12.6. The standard InChI is InChI=1S/C12H23N3O4S/c1-11(2)10-19-7-3-4-14-20(17,18)12-8-13-15(9-12)5-6-16/h8-9,11,14,16H,3-7,10H2,1-2H3. The molecule has 0 bridgehead atoms. The van der Waals surface area contributed by atoms with Crippen molar-refractivity contribution in [2.24, 2.45) is 5.92 Å². The van der Waals surface area contributed by atoms with E-state index in [0.717, 1.165) is 0 Å². The second-order valence-corrected chi connectivity index (χ2v) is 6.65. The molecule has 0 unspecified atom stereocenters. The Morgan fingerprint density at radius 1 is 1.50 bits per heavy atom. The van der Waals surface area contributed by atoms with E-state index in [1.54, 1.807) is 0 Å². The van der Waals surface area contributed by atoms with E-state index in [0.29, 0.717) is 32.1 Å². The van der Waals surface area contributed by atoms with E-state index in [-0.39, 0.29) is 18.0 Å². The summed E-state index contributed by atoms with van der Waals surface area (Å²) in [6.07, 6.45) is 3.29. The molecule has 0 aliphatic rings. The highest BCUT2D eigenvalue weighted by atomic mass is 32.2. The monoisotopic (exact) mass is 305 g/mol. The number of hydrogen-bond donors (Lipinski definition) is 2. The molecule has 1 aromatic rings. The summed E-state index contributed by atoms with van der Waals surface area (Å²) in [5.74, 6) is 0.476. The molecule has 0 aromatic carbocycles. The van der Waals surface area contributed by atoms with Gasteiger partial charge in [0.05, 0.1) is 19.3 Å². The predicted molar refractivity (Wildman–Crippen MR) is 74.8 cm³/mol. The second kappa shape index (κ2) is 8.35. The minimum absolute atomic E-state index is 0.0816. The summed E-state index contributed by atoms with van der Waals surface area (Å²) < 4.78 is 33.1. The molecule has 116 valence electrons. The third kappa shape index (κ3) is 6.00. The Morgan fingerprint density at radius 3 is 2.90 bits per heavy atom. The molecule has 0 saturated heterocycles. The number of nitrogens with one attached hydrogen (secondary N) is 1. The average molecular weight is 305 g/mol. The van der Waals surface area contributed by atoms with Crippen LogP contribution in [0.25, 0.3) is 0 Å². The van der Waals surface area contributed by atoms with Gasteiger partial charge in [-0.05, 0) is 12.3 Å². The number of aromatic nitrogens is 2. The molecule has 0 atom stereocenters. The molecule has 8 heteroatoms. The molecular formula is C12H23N3O4S. The van der Waals surface area contributed by atoms with E-state index in [4.69, 9.17) is 9.84 Å². The number of hydrogen-bond acceptors (Lipinski definition) is 5. The van der Waals surface area contributed by atoms with Gasteiger partial charge >= 0.3 is 0 Å². The SMILES string of the molecule is CC(C)COCCCNS(=O)(=O)c1cnn(CCO)c1. The number of aliphatic hydroxyl groups excluding tert-OH is 1. The average Bonchev–Trinajstić information content (AvgIpc) is 2.83. The van der Waals surface area contributed by atoms with Crippen LogP contribution in [0.3, 0.4) is 0 Å². The zero-order valence-corrected chi connectivity index (χ0v) is 12.8. The molecular weight excluding hydrogens is 282 g/mol. The third-order valence-electron chi connectivity index (χ3n) is 2.46. The van der Waals surface area contributed by atoms with Crippen LogP contribution in [-0.4, -0.2) is 49.7 Å². The first-order valence-corrected chi connectivity index (χ1v) is 8.14. The molecule has 0 radical (unpaired) electrons. The van der Waals surface area contributed by atoms with Crippen molar-refractivity contribution in [3.8, 4) is 0 Å². The van der Waals surface area contributed by atoms with Crippen LogP contribution in [0, 0.1) is 5.92 Å². The van der Waals surface area contributed by atoms with Crippen molar-refractivity contribution >= 4 is 10.0 Å². The molecule has 1 aromatic heterocycles. The van der Waals surface area contributed by atoms with E-state index in [2.05, 4.69) is 23.7 Å². The lowest BCUT2D eigenvalue weighted by molar-refractivity contribution is 0.108. The van der Waals surface area contributed by atoms with E-state index >= 15 is 0 Å². The molecule has 7 nitrogen and oxygen atoms in total. The fourth-order valence-electron chi connectivity index (χ4n) is 1.49. The largest absolute Gasteiger partial charge is 0.394 e. The lowest BCUT2D eigenvalue weighted by Gasteiger charge is -2.07. The molecule has 0 fully saturated rings. The zero-order valence-electron chi connectivity index (χ0n) is 11.9. The molecule has 0 spiro atoms. The van der Waals surface area contributed by atoms with Gasteiger partial charge in [0.15, 0.2) is 0 Å². The Hall–Kier alpha value is -0.960. The minimum atomic E-state index is -3.53.